The molecule has 1 aromatic carbocycles. The third-order valence-electron chi connectivity index (χ3n) is 5.08. The number of benzene rings is 1. The molecule has 0 saturated carbocycles. The molecule has 0 aliphatic carbocycles. The first-order chi connectivity index (χ1) is 12.7. The van der Waals surface area contributed by atoms with E-state index in [4.69, 9.17) is 4.74 Å². The highest BCUT2D eigenvalue weighted by molar-refractivity contribution is 5.79. The van der Waals surface area contributed by atoms with Gasteiger partial charge in [-0.3, -0.25) is 14.7 Å². The molecule has 2 bridgehead atoms. The Kier molecular flexibility index (Phi) is 4.95. The molecule has 3 heterocycles. The fraction of sp³-hybridized carbons (Fsp3) is 0.400. The lowest BCUT2D eigenvalue weighted by molar-refractivity contribution is -0.128. The van der Waals surface area contributed by atoms with Gasteiger partial charge in [0.25, 0.3) is 0 Å². The minimum absolute atomic E-state index is 0.0463. The van der Waals surface area contributed by atoms with E-state index in [1.54, 1.807) is 12.4 Å². The summed E-state index contributed by atoms with van der Waals surface area (Å²) in [7, 11) is 0. The molecular weight excluding hydrogens is 333 g/mol. The van der Waals surface area contributed by atoms with Gasteiger partial charge in [-0.05, 0) is 35.7 Å². The molecule has 3 atom stereocenters. The number of morpholine rings is 1. The van der Waals surface area contributed by atoms with Gasteiger partial charge in [-0.25, -0.2) is 4.39 Å². The number of likely N-dealkylation sites (tertiary alicyclic amines) is 1. The second-order valence-corrected chi connectivity index (χ2v) is 7.04. The second-order valence-electron chi connectivity index (χ2n) is 7.04. The highest BCUT2D eigenvalue weighted by atomic mass is 19.1. The van der Waals surface area contributed by atoms with Crippen LogP contribution in [-0.4, -0.2) is 41.1 Å². The van der Waals surface area contributed by atoms with Gasteiger partial charge in [-0.15, -0.1) is 0 Å². The van der Waals surface area contributed by atoms with Crippen molar-refractivity contribution in [3.63, 3.8) is 0 Å². The van der Waals surface area contributed by atoms with Gasteiger partial charge >= 0.3 is 0 Å². The molecule has 1 aromatic heterocycles. The zero-order valence-corrected chi connectivity index (χ0v) is 14.5. The lowest BCUT2D eigenvalue weighted by Crippen LogP contribution is -2.44. The van der Waals surface area contributed by atoms with Crippen LogP contribution in [0.15, 0.2) is 48.8 Å². The summed E-state index contributed by atoms with van der Waals surface area (Å²) in [5.41, 5.74) is 2.06. The molecule has 4 rings (SSSR count). The molecular formula is C20H22FN3O2. The Bertz CT molecular complexity index is 753. The van der Waals surface area contributed by atoms with Crippen LogP contribution in [0.25, 0.3) is 0 Å². The zero-order chi connectivity index (χ0) is 17.9. The largest absolute Gasteiger partial charge is 0.371 e. The average Bonchev–Trinajstić information content (AvgIpc) is 2.97. The monoisotopic (exact) mass is 355 g/mol. The van der Waals surface area contributed by atoms with E-state index in [0.29, 0.717) is 6.54 Å². The minimum Gasteiger partial charge on any atom is -0.371 e. The Hall–Kier alpha value is -2.31. The number of ether oxygens (including phenoxy) is 1. The van der Waals surface area contributed by atoms with Crippen LogP contribution in [0.2, 0.25) is 0 Å². The molecule has 26 heavy (non-hydrogen) atoms. The van der Waals surface area contributed by atoms with Crippen molar-refractivity contribution in [1.29, 1.82) is 0 Å². The molecule has 1 amide bonds. The number of amides is 1. The van der Waals surface area contributed by atoms with Gasteiger partial charge < -0.3 is 10.1 Å². The predicted octanol–water partition coefficient (Wildman–Crippen LogP) is 2.13. The van der Waals surface area contributed by atoms with Gasteiger partial charge in [0, 0.05) is 38.6 Å². The lowest BCUT2D eigenvalue weighted by atomic mass is 9.99. The number of halogens is 1. The Labute approximate surface area is 152 Å². The number of pyridine rings is 1. The van der Waals surface area contributed by atoms with Gasteiger partial charge in [0.2, 0.25) is 5.91 Å². The van der Waals surface area contributed by atoms with Crippen LogP contribution in [0.4, 0.5) is 4.39 Å². The van der Waals surface area contributed by atoms with E-state index in [-0.39, 0.29) is 29.9 Å². The van der Waals surface area contributed by atoms with Crippen molar-refractivity contribution in [3.05, 3.63) is 65.7 Å². The van der Waals surface area contributed by atoms with Crippen LogP contribution in [0.1, 0.15) is 17.5 Å². The molecule has 0 radical (unpaired) electrons. The molecule has 1 N–H and O–H groups in total. The van der Waals surface area contributed by atoms with E-state index in [9.17, 15) is 9.18 Å². The SMILES string of the molecule is O=C(NCc1cccnc1)[C@H]1C[C@H]2CN(Cc3ccc(F)cc3)C[C@H]1O2. The quantitative estimate of drug-likeness (QED) is 0.893. The Morgan fingerprint density at radius 3 is 2.85 bits per heavy atom. The summed E-state index contributed by atoms with van der Waals surface area (Å²) in [5.74, 6) is -0.291. The summed E-state index contributed by atoms with van der Waals surface area (Å²) >= 11 is 0. The summed E-state index contributed by atoms with van der Waals surface area (Å²) in [4.78, 5) is 18.9. The molecule has 2 saturated heterocycles. The topological polar surface area (TPSA) is 54.5 Å². The van der Waals surface area contributed by atoms with E-state index in [2.05, 4.69) is 15.2 Å². The molecule has 2 aromatic rings. The van der Waals surface area contributed by atoms with E-state index >= 15 is 0 Å². The number of nitrogens with one attached hydrogen (secondary N) is 1. The first-order valence-electron chi connectivity index (χ1n) is 8.96. The average molecular weight is 355 g/mol. The van der Waals surface area contributed by atoms with Crippen molar-refractivity contribution in [1.82, 2.24) is 15.2 Å². The Morgan fingerprint density at radius 2 is 2.08 bits per heavy atom. The number of aromatic nitrogens is 1. The zero-order valence-electron chi connectivity index (χ0n) is 14.5. The van der Waals surface area contributed by atoms with Crippen LogP contribution in [0, 0.1) is 11.7 Å². The predicted molar refractivity (Wildman–Crippen MR) is 94.5 cm³/mol. The van der Waals surface area contributed by atoms with Gasteiger partial charge in [0.05, 0.1) is 18.1 Å². The van der Waals surface area contributed by atoms with Gasteiger partial charge in [-0.1, -0.05) is 18.2 Å². The molecule has 0 unspecified atom stereocenters. The fourth-order valence-corrected chi connectivity index (χ4v) is 3.81. The van der Waals surface area contributed by atoms with E-state index in [1.165, 1.54) is 12.1 Å². The van der Waals surface area contributed by atoms with Crippen LogP contribution < -0.4 is 5.32 Å². The molecule has 2 aliphatic rings. The number of fused-ring (bicyclic) bond motifs is 2. The summed E-state index contributed by atoms with van der Waals surface area (Å²) in [6, 6.07) is 10.4. The van der Waals surface area contributed by atoms with Crippen LogP contribution in [-0.2, 0) is 22.6 Å². The summed E-state index contributed by atoms with van der Waals surface area (Å²) < 4.78 is 19.0. The Morgan fingerprint density at radius 1 is 1.23 bits per heavy atom. The van der Waals surface area contributed by atoms with Gasteiger partial charge in [-0.2, -0.15) is 0 Å². The minimum atomic E-state index is -0.221. The van der Waals surface area contributed by atoms with Gasteiger partial charge in [0.15, 0.2) is 0 Å². The maximum Gasteiger partial charge on any atom is 0.226 e. The molecule has 2 aliphatic heterocycles. The van der Waals surface area contributed by atoms with Gasteiger partial charge in [0.1, 0.15) is 5.82 Å². The number of rotatable bonds is 5. The third kappa shape index (κ3) is 3.92. The normalized spacial score (nSPS) is 25.2. The number of hydrogen-bond acceptors (Lipinski definition) is 4. The third-order valence-corrected chi connectivity index (χ3v) is 5.08. The highest BCUT2D eigenvalue weighted by Gasteiger charge is 2.44. The summed E-state index contributed by atoms with van der Waals surface area (Å²) in [6.07, 6.45) is 4.23. The van der Waals surface area contributed by atoms with Crippen LogP contribution in [0.3, 0.4) is 0 Å². The standard InChI is InChI=1S/C20H22FN3O2/c21-16-5-3-14(4-6-16)11-24-12-17-8-18(19(13-24)26-17)20(25)23-10-15-2-1-7-22-9-15/h1-7,9,17-19H,8,10-13H2,(H,23,25)/t17-,18-,19+/m0/s1. The highest BCUT2D eigenvalue weighted by Crippen LogP contribution is 2.32. The van der Waals surface area contributed by atoms with Crippen LogP contribution >= 0.6 is 0 Å². The molecule has 136 valence electrons. The van der Waals surface area contributed by atoms with Crippen molar-refractivity contribution < 1.29 is 13.9 Å². The molecule has 6 heteroatoms. The van der Waals surface area contributed by atoms with E-state index in [0.717, 1.165) is 37.2 Å². The number of hydrogen-bond donors (Lipinski definition) is 1. The molecule has 5 nitrogen and oxygen atoms in total. The first-order valence-corrected chi connectivity index (χ1v) is 8.96. The number of carbonyl (C=O) groups excluding carboxylic acids is 1. The summed E-state index contributed by atoms with van der Waals surface area (Å²) in [5, 5.41) is 3.01. The maximum atomic E-state index is 13.1. The van der Waals surface area contributed by atoms with Crippen LogP contribution in [0.5, 0.6) is 0 Å². The van der Waals surface area contributed by atoms with E-state index < -0.39 is 0 Å². The van der Waals surface area contributed by atoms with Crippen molar-refractivity contribution in [2.75, 3.05) is 13.1 Å². The lowest BCUT2D eigenvalue weighted by Gasteiger charge is -2.32. The maximum absolute atomic E-state index is 13.1. The first kappa shape index (κ1) is 17.1. The fourth-order valence-electron chi connectivity index (χ4n) is 3.81. The van der Waals surface area contributed by atoms with Crippen molar-refractivity contribution >= 4 is 5.91 Å². The van der Waals surface area contributed by atoms with Crippen molar-refractivity contribution in [2.45, 2.75) is 31.7 Å². The van der Waals surface area contributed by atoms with E-state index in [1.807, 2.05) is 24.3 Å². The number of carbonyl (C=O) groups is 1. The number of nitrogens with zero attached hydrogens (tertiary/aromatic N) is 2. The summed E-state index contributed by atoms with van der Waals surface area (Å²) in [6.45, 7) is 2.76. The van der Waals surface area contributed by atoms with Crippen molar-refractivity contribution in [2.24, 2.45) is 5.92 Å². The molecule has 2 fully saturated rings. The smallest absolute Gasteiger partial charge is 0.226 e. The molecule has 0 spiro atoms. The second kappa shape index (κ2) is 7.51. The van der Waals surface area contributed by atoms with Crippen molar-refractivity contribution in [3.8, 4) is 0 Å². The Balaban J connectivity index is 1.33.